The van der Waals surface area contributed by atoms with E-state index in [2.05, 4.69) is 12.1 Å². The second-order valence-corrected chi connectivity index (χ2v) is 5.94. The number of rotatable bonds is 5. The van der Waals surface area contributed by atoms with Crippen molar-refractivity contribution in [2.75, 3.05) is 13.1 Å². The highest BCUT2D eigenvalue weighted by atomic mass is 16.5. The smallest absolute Gasteiger partial charge is 0.309 e. The summed E-state index contributed by atoms with van der Waals surface area (Å²) in [4.78, 5) is 25.4. The Morgan fingerprint density at radius 1 is 1.23 bits per heavy atom. The molecule has 0 N–H and O–H groups in total. The van der Waals surface area contributed by atoms with E-state index in [4.69, 9.17) is 4.74 Å². The standard InChI is InChI=1S/C18H25NO3/c1-3-17(13-15-7-5-4-6-8-15)22-18(21)16-9-11-19(12-10-16)14(2)20/h4-8,16-17H,3,9-13H2,1-2H3/t17-/m1/s1. The molecule has 1 aliphatic rings. The molecule has 4 nitrogen and oxygen atoms in total. The minimum Gasteiger partial charge on any atom is -0.462 e. The van der Waals surface area contributed by atoms with E-state index in [0.29, 0.717) is 25.9 Å². The number of carbonyl (C=O) groups is 2. The van der Waals surface area contributed by atoms with Gasteiger partial charge in [0.15, 0.2) is 0 Å². The van der Waals surface area contributed by atoms with Crippen molar-refractivity contribution in [1.82, 2.24) is 4.90 Å². The Morgan fingerprint density at radius 2 is 1.86 bits per heavy atom. The summed E-state index contributed by atoms with van der Waals surface area (Å²) in [6.07, 6.45) is 2.92. The minimum atomic E-state index is -0.106. The first-order valence-corrected chi connectivity index (χ1v) is 8.10. The molecule has 2 rings (SSSR count). The lowest BCUT2D eigenvalue weighted by molar-refractivity contribution is -0.156. The number of hydrogen-bond acceptors (Lipinski definition) is 3. The maximum absolute atomic E-state index is 12.3. The number of hydrogen-bond donors (Lipinski definition) is 0. The van der Waals surface area contributed by atoms with E-state index in [9.17, 15) is 9.59 Å². The van der Waals surface area contributed by atoms with Gasteiger partial charge >= 0.3 is 5.97 Å². The Morgan fingerprint density at radius 3 is 2.41 bits per heavy atom. The molecule has 1 saturated heterocycles. The fourth-order valence-electron chi connectivity index (χ4n) is 2.84. The number of carbonyl (C=O) groups excluding carboxylic acids is 2. The fraction of sp³-hybridized carbons (Fsp3) is 0.556. The minimum absolute atomic E-state index is 0.0688. The van der Waals surface area contributed by atoms with Crippen LogP contribution in [0.4, 0.5) is 0 Å². The van der Waals surface area contributed by atoms with E-state index < -0.39 is 0 Å². The summed E-state index contributed by atoms with van der Waals surface area (Å²) < 4.78 is 5.70. The zero-order chi connectivity index (χ0) is 15.9. The van der Waals surface area contributed by atoms with E-state index >= 15 is 0 Å². The molecule has 22 heavy (non-hydrogen) atoms. The first-order chi connectivity index (χ1) is 10.6. The van der Waals surface area contributed by atoms with Crippen LogP contribution in [0, 0.1) is 5.92 Å². The lowest BCUT2D eigenvalue weighted by Crippen LogP contribution is -2.40. The Balaban J connectivity index is 1.83. The average Bonchev–Trinajstić information content (AvgIpc) is 2.55. The lowest BCUT2D eigenvalue weighted by Gasteiger charge is -2.31. The van der Waals surface area contributed by atoms with Gasteiger partial charge in [-0.1, -0.05) is 37.3 Å². The molecule has 0 unspecified atom stereocenters. The van der Waals surface area contributed by atoms with Crippen molar-refractivity contribution >= 4 is 11.9 Å². The topological polar surface area (TPSA) is 46.6 Å². The van der Waals surface area contributed by atoms with Crippen molar-refractivity contribution < 1.29 is 14.3 Å². The molecule has 1 heterocycles. The molecule has 0 spiro atoms. The van der Waals surface area contributed by atoms with Crippen molar-refractivity contribution in [2.45, 2.75) is 45.6 Å². The Kier molecular flexibility index (Phi) is 5.99. The zero-order valence-corrected chi connectivity index (χ0v) is 13.5. The molecule has 1 fully saturated rings. The Hall–Kier alpha value is -1.84. The van der Waals surface area contributed by atoms with Crippen molar-refractivity contribution in [1.29, 1.82) is 0 Å². The monoisotopic (exact) mass is 303 g/mol. The normalized spacial score (nSPS) is 17.1. The molecule has 0 aliphatic carbocycles. The van der Waals surface area contributed by atoms with Gasteiger partial charge in [0, 0.05) is 26.4 Å². The number of piperidine rings is 1. The summed E-state index contributed by atoms with van der Waals surface area (Å²) in [6.45, 7) is 4.93. The van der Waals surface area contributed by atoms with Gasteiger partial charge in [-0.25, -0.2) is 0 Å². The maximum atomic E-state index is 12.3. The van der Waals surface area contributed by atoms with Crippen molar-refractivity contribution in [3.63, 3.8) is 0 Å². The van der Waals surface area contributed by atoms with Crippen LogP contribution in [0.3, 0.4) is 0 Å². The van der Waals surface area contributed by atoms with E-state index in [1.165, 1.54) is 5.56 Å². The third-order valence-corrected chi connectivity index (χ3v) is 4.32. The van der Waals surface area contributed by atoms with Crippen LogP contribution in [0.1, 0.15) is 38.7 Å². The van der Waals surface area contributed by atoms with Crippen LogP contribution in [0.5, 0.6) is 0 Å². The maximum Gasteiger partial charge on any atom is 0.309 e. The molecule has 0 radical (unpaired) electrons. The number of esters is 1. The Labute approximate surface area is 132 Å². The highest BCUT2D eigenvalue weighted by molar-refractivity contribution is 5.75. The van der Waals surface area contributed by atoms with Crippen LogP contribution in [0.15, 0.2) is 30.3 Å². The molecule has 1 aliphatic heterocycles. The number of nitrogens with zero attached hydrogens (tertiary/aromatic N) is 1. The molecule has 0 saturated carbocycles. The molecule has 0 bridgehead atoms. The summed E-state index contributed by atoms with van der Waals surface area (Å²) in [5.74, 6) is -0.0891. The predicted octanol–water partition coefficient (Wildman–Crippen LogP) is 2.81. The number of amides is 1. The van der Waals surface area contributed by atoms with E-state index in [-0.39, 0.29) is 23.9 Å². The lowest BCUT2D eigenvalue weighted by atomic mass is 9.96. The van der Waals surface area contributed by atoms with Crippen molar-refractivity contribution in [3.05, 3.63) is 35.9 Å². The average molecular weight is 303 g/mol. The number of ether oxygens (including phenoxy) is 1. The van der Waals surface area contributed by atoms with Gasteiger partial charge in [0.05, 0.1) is 5.92 Å². The van der Waals surface area contributed by atoms with Gasteiger partial charge in [0.25, 0.3) is 0 Å². The SMILES string of the molecule is CC[C@H](Cc1ccccc1)OC(=O)C1CCN(C(C)=O)CC1. The quantitative estimate of drug-likeness (QED) is 0.786. The van der Waals surface area contributed by atoms with Gasteiger partial charge in [-0.05, 0) is 24.8 Å². The van der Waals surface area contributed by atoms with Gasteiger partial charge in [0.2, 0.25) is 5.91 Å². The van der Waals surface area contributed by atoms with Gasteiger partial charge in [-0.15, -0.1) is 0 Å². The molecular formula is C18H25NO3. The third kappa shape index (κ3) is 4.58. The largest absolute Gasteiger partial charge is 0.462 e. The molecule has 0 aromatic heterocycles. The van der Waals surface area contributed by atoms with Crippen LogP contribution < -0.4 is 0 Å². The molecule has 1 aromatic carbocycles. The van der Waals surface area contributed by atoms with Crippen molar-refractivity contribution in [2.24, 2.45) is 5.92 Å². The van der Waals surface area contributed by atoms with Crippen LogP contribution in [-0.2, 0) is 20.7 Å². The predicted molar refractivity (Wildman–Crippen MR) is 85.3 cm³/mol. The van der Waals surface area contributed by atoms with Crippen LogP contribution in [-0.4, -0.2) is 36.0 Å². The number of likely N-dealkylation sites (tertiary alicyclic amines) is 1. The molecular weight excluding hydrogens is 278 g/mol. The van der Waals surface area contributed by atoms with E-state index in [1.807, 2.05) is 25.1 Å². The molecule has 1 atom stereocenters. The fourth-order valence-corrected chi connectivity index (χ4v) is 2.84. The highest BCUT2D eigenvalue weighted by Gasteiger charge is 2.28. The summed E-state index contributed by atoms with van der Waals surface area (Å²) in [6, 6.07) is 10.1. The zero-order valence-electron chi connectivity index (χ0n) is 13.5. The summed E-state index contributed by atoms with van der Waals surface area (Å²) in [5, 5.41) is 0. The third-order valence-electron chi connectivity index (χ3n) is 4.32. The van der Waals surface area contributed by atoms with E-state index in [0.717, 1.165) is 12.8 Å². The molecule has 120 valence electrons. The van der Waals surface area contributed by atoms with Crippen LogP contribution in [0.25, 0.3) is 0 Å². The van der Waals surface area contributed by atoms with Gasteiger partial charge in [0.1, 0.15) is 6.10 Å². The van der Waals surface area contributed by atoms with Crippen molar-refractivity contribution in [3.8, 4) is 0 Å². The Bertz CT molecular complexity index is 492. The first kappa shape index (κ1) is 16.5. The number of benzene rings is 1. The van der Waals surface area contributed by atoms with Crippen LogP contribution in [0.2, 0.25) is 0 Å². The molecule has 4 heteroatoms. The second kappa shape index (κ2) is 7.97. The van der Waals surface area contributed by atoms with Crippen LogP contribution >= 0.6 is 0 Å². The highest BCUT2D eigenvalue weighted by Crippen LogP contribution is 2.20. The van der Waals surface area contributed by atoms with Gasteiger partial charge in [-0.3, -0.25) is 9.59 Å². The molecule has 1 amide bonds. The summed E-state index contributed by atoms with van der Waals surface area (Å²) in [7, 11) is 0. The summed E-state index contributed by atoms with van der Waals surface area (Å²) >= 11 is 0. The second-order valence-electron chi connectivity index (χ2n) is 5.94. The van der Waals surface area contributed by atoms with Gasteiger partial charge < -0.3 is 9.64 Å². The van der Waals surface area contributed by atoms with E-state index in [1.54, 1.807) is 11.8 Å². The summed E-state index contributed by atoms with van der Waals surface area (Å²) in [5.41, 5.74) is 1.19. The first-order valence-electron chi connectivity index (χ1n) is 8.10. The van der Waals surface area contributed by atoms with Gasteiger partial charge in [-0.2, -0.15) is 0 Å². The molecule has 1 aromatic rings.